The van der Waals surface area contributed by atoms with Gasteiger partial charge in [0.05, 0.1) is 18.9 Å². The SMILES string of the molecule is CC[n+]1c(C=Cc2ccc(N(C#N)C#N)cc2)sc2ccc(OC)cc21. The Bertz CT molecular complexity index is 1020. The molecule has 0 saturated carbocycles. The minimum atomic E-state index is 0.560. The first-order valence-electron chi connectivity index (χ1n) is 8.08. The third-order valence-electron chi connectivity index (χ3n) is 4.02. The van der Waals surface area contributed by atoms with Gasteiger partial charge < -0.3 is 4.74 Å². The predicted molar refractivity (Wildman–Crippen MR) is 103 cm³/mol. The molecule has 3 aromatic rings. The highest BCUT2D eigenvalue weighted by molar-refractivity contribution is 7.18. The van der Waals surface area contributed by atoms with E-state index in [1.165, 1.54) is 4.70 Å². The number of rotatable bonds is 5. The van der Waals surface area contributed by atoms with Gasteiger partial charge in [-0.15, -0.1) is 0 Å². The highest BCUT2D eigenvalue weighted by Crippen LogP contribution is 2.26. The van der Waals surface area contributed by atoms with E-state index in [4.69, 9.17) is 15.3 Å². The molecule has 3 rings (SSSR count). The summed E-state index contributed by atoms with van der Waals surface area (Å²) in [4.78, 5) is 0.970. The van der Waals surface area contributed by atoms with Crippen molar-refractivity contribution < 1.29 is 9.30 Å². The van der Waals surface area contributed by atoms with Crippen LogP contribution in [0.2, 0.25) is 0 Å². The monoisotopic (exact) mass is 361 g/mol. The minimum Gasteiger partial charge on any atom is -0.497 e. The summed E-state index contributed by atoms with van der Waals surface area (Å²) in [6, 6.07) is 13.4. The number of benzene rings is 2. The van der Waals surface area contributed by atoms with Crippen molar-refractivity contribution in [1.82, 2.24) is 0 Å². The topological polar surface area (TPSA) is 63.9 Å². The molecular weight excluding hydrogens is 344 g/mol. The summed E-state index contributed by atoms with van der Waals surface area (Å²) in [6.45, 7) is 2.99. The Kier molecular flexibility index (Phi) is 5.17. The van der Waals surface area contributed by atoms with Crippen LogP contribution in [0, 0.1) is 22.9 Å². The average Bonchev–Trinajstić information content (AvgIpc) is 3.04. The third-order valence-corrected chi connectivity index (χ3v) is 5.15. The molecule has 0 radical (unpaired) electrons. The summed E-state index contributed by atoms with van der Waals surface area (Å²) in [5.74, 6) is 0.850. The van der Waals surface area contributed by atoms with Crippen molar-refractivity contribution in [3.8, 4) is 18.1 Å². The van der Waals surface area contributed by atoms with Crippen molar-refractivity contribution in [2.24, 2.45) is 0 Å². The van der Waals surface area contributed by atoms with Crippen molar-refractivity contribution >= 4 is 39.4 Å². The van der Waals surface area contributed by atoms with Gasteiger partial charge in [-0.3, -0.25) is 0 Å². The van der Waals surface area contributed by atoms with E-state index < -0.39 is 0 Å². The molecule has 1 aromatic heterocycles. The first-order chi connectivity index (χ1) is 12.7. The van der Waals surface area contributed by atoms with Crippen LogP contribution in [-0.4, -0.2) is 7.11 Å². The largest absolute Gasteiger partial charge is 0.497 e. The highest BCUT2D eigenvalue weighted by Gasteiger charge is 2.17. The summed E-state index contributed by atoms with van der Waals surface area (Å²) < 4.78 is 8.79. The standard InChI is InChI=1S/C20H17N4OS/c1-3-24-18-12-17(25-2)9-10-19(18)26-20(24)11-6-15-4-7-16(8-5-15)23(13-21)14-22/h4-12H,3H2,1-2H3/q+1. The number of anilines is 1. The van der Waals surface area contributed by atoms with Gasteiger partial charge in [0, 0.05) is 6.08 Å². The van der Waals surface area contributed by atoms with Crippen LogP contribution < -0.4 is 14.2 Å². The van der Waals surface area contributed by atoms with E-state index in [9.17, 15) is 0 Å². The third kappa shape index (κ3) is 3.37. The zero-order chi connectivity index (χ0) is 18.5. The maximum Gasteiger partial charge on any atom is 0.262 e. The molecule has 0 unspecified atom stereocenters. The molecule has 0 saturated heterocycles. The van der Waals surface area contributed by atoms with Crippen molar-refractivity contribution in [2.45, 2.75) is 13.5 Å². The fraction of sp³-hybridized carbons (Fsp3) is 0.150. The summed E-state index contributed by atoms with van der Waals surface area (Å²) in [5, 5.41) is 18.9. The van der Waals surface area contributed by atoms with Crippen LogP contribution in [-0.2, 0) is 6.54 Å². The maximum absolute atomic E-state index is 8.89. The molecule has 5 nitrogen and oxygen atoms in total. The van der Waals surface area contributed by atoms with Crippen molar-refractivity contribution in [3.63, 3.8) is 0 Å². The molecular formula is C20H17N4OS+. The van der Waals surface area contributed by atoms with Crippen LogP contribution in [0.5, 0.6) is 5.75 Å². The molecule has 0 aliphatic heterocycles. The number of methoxy groups -OCH3 is 1. The normalized spacial score (nSPS) is 10.6. The van der Waals surface area contributed by atoms with Gasteiger partial charge in [0.15, 0.2) is 12.4 Å². The Morgan fingerprint density at radius 3 is 2.46 bits per heavy atom. The van der Waals surface area contributed by atoms with E-state index in [0.717, 1.165) is 33.3 Å². The van der Waals surface area contributed by atoms with Crippen LogP contribution in [0.3, 0.4) is 0 Å². The van der Waals surface area contributed by atoms with Gasteiger partial charge in [-0.05, 0) is 42.8 Å². The van der Waals surface area contributed by atoms with Gasteiger partial charge in [0.25, 0.3) is 5.01 Å². The summed E-state index contributed by atoms with van der Waals surface area (Å²) >= 11 is 1.73. The summed E-state index contributed by atoms with van der Waals surface area (Å²) in [6.07, 6.45) is 7.77. The highest BCUT2D eigenvalue weighted by atomic mass is 32.1. The second-order valence-corrected chi connectivity index (χ2v) is 6.54. The van der Waals surface area contributed by atoms with Crippen LogP contribution in [0.25, 0.3) is 22.4 Å². The van der Waals surface area contributed by atoms with Gasteiger partial charge in [-0.25, -0.2) is 0 Å². The number of nitrogens with zero attached hydrogens (tertiary/aromatic N) is 4. The lowest BCUT2D eigenvalue weighted by Gasteiger charge is -2.04. The van der Waals surface area contributed by atoms with E-state index in [-0.39, 0.29) is 0 Å². The lowest BCUT2D eigenvalue weighted by molar-refractivity contribution is -0.665. The Morgan fingerprint density at radius 2 is 1.85 bits per heavy atom. The van der Waals surface area contributed by atoms with E-state index >= 15 is 0 Å². The minimum absolute atomic E-state index is 0.560. The fourth-order valence-electron chi connectivity index (χ4n) is 2.70. The molecule has 0 bridgehead atoms. The van der Waals surface area contributed by atoms with Crippen LogP contribution >= 0.6 is 11.3 Å². The van der Waals surface area contributed by atoms with Crippen molar-refractivity contribution in [1.29, 1.82) is 10.5 Å². The van der Waals surface area contributed by atoms with Crippen LogP contribution in [0.1, 0.15) is 17.5 Å². The number of aromatic nitrogens is 1. The zero-order valence-electron chi connectivity index (χ0n) is 14.5. The van der Waals surface area contributed by atoms with Crippen LogP contribution in [0.4, 0.5) is 5.69 Å². The van der Waals surface area contributed by atoms with Gasteiger partial charge >= 0.3 is 0 Å². The molecule has 0 fully saturated rings. The number of hydrogen-bond donors (Lipinski definition) is 0. The summed E-state index contributed by atoms with van der Waals surface area (Å²) in [5.41, 5.74) is 2.72. The molecule has 1 heterocycles. The maximum atomic E-state index is 8.89. The number of nitriles is 2. The van der Waals surface area contributed by atoms with Crippen molar-refractivity contribution in [2.75, 3.05) is 12.0 Å². The predicted octanol–water partition coefficient (Wildman–Crippen LogP) is 4.16. The quantitative estimate of drug-likeness (QED) is 0.389. The molecule has 0 spiro atoms. The molecule has 2 aromatic carbocycles. The number of thiazole rings is 1. The Hall–Kier alpha value is -3.35. The number of ether oxygens (including phenoxy) is 1. The Balaban J connectivity index is 1.91. The average molecular weight is 361 g/mol. The lowest BCUT2D eigenvalue weighted by atomic mass is 10.2. The van der Waals surface area contributed by atoms with Gasteiger partial charge in [-0.2, -0.15) is 20.0 Å². The van der Waals surface area contributed by atoms with Gasteiger partial charge in [0.1, 0.15) is 17.0 Å². The first-order valence-corrected chi connectivity index (χ1v) is 8.90. The summed E-state index contributed by atoms with van der Waals surface area (Å²) in [7, 11) is 1.67. The van der Waals surface area contributed by atoms with E-state index in [1.807, 2.05) is 36.7 Å². The molecule has 0 atom stereocenters. The smallest absolute Gasteiger partial charge is 0.262 e. The second kappa shape index (κ2) is 7.69. The number of aryl methyl sites for hydroxylation is 1. The van der Waals surface area contributed by atoms with E-state index in [1.54, 1.807) is 30.6 Å². The molecule has 0 amide bonds. The number of hydrogen-bond acceptors (Lipinski definition) is 5. The number of fused-ring (bicyclic) bond motifs is 1. The Morgan fingerprint density at radius 1 is 1.12 bits per heavy atom. The molecule has 0 aliphatic carbocycles. The molecule has 6 heteroatoms. The van der Waals surface area contributed by atoms with Gasteiger partial charge in [0.2, 0.25) is 5.52 Å². The fourth-order valence-corrected chi connectivity index (χ4v) is 3.81. The second-order valence-electron chi connectivity index (χ2n) is 5.48. The van der Waals surface area contributed by atoms with Crippen molar-refractivity contribution in [3.05, 3.63) is 53.0 Å². The Labute approximate surface area is 156 Å². The molecule has 0 N–H and O–H groups in total. The van der Waals surface area contributed by atoms with Gasteiger partial charge in [-0.1, -0.05) is 23.5 Å². The van der Waals surface area contributed by atoms with E-state index in [0.29, 0.717) is 5.69 Å². The molecule has 26 heavy (non-hydrogen) atoms. The van der Waals surface area contributed by atoms with Crippen LogP contribution in [0.15, 0.2) is 42.5 Å². The lowest BCUT2D eigenvalue weighted by Crippen LogP contribution is -2.33. The zero-order valence-corrected chi connectivity index (χ0v) is 15.3. The molecule has 128 valence electrons. The molecule has 0 aliphatic rings. The first kappa shape index (κ1) is 17.5. The van der Waals surface area contributed by atoms with E-state index in [2.05, 4.69) is 29.7 Å².